The number of hydrogen-bond acceptors (Lipinski definition) is 3. The van der Waals surface area contributed by atoms with Gasteiger partial charge in [-0.05, 0) is 18.1 Å². The van der Waals surface area contributed by atoms with Crippen LogP contribution in [0.1, 0.15) is 20.8 Å². The van der Waals surface area contributed by atoms with Crippen LogP contribution >= 0.6 is 0 Å². The standard InChI is InChI=1S/C12H27BF3O3Si/c1-12(2,3)20(4,5)19-11-10-18-9-8-17-7-6-13(14,15)16/h6-11H2,1-5H3/q-1. The quantitative estimate of drug-likeness (QED) is 0.452. The maximum absolute atomic E-state index is 11.9. The van der Waals surface area contributed by atoms with Crippen molar-refractivity contribution in [2.75, 3.05) is 33.0 Å². The molecule has 0 saturated carbocycles. The van der Waals surface area contributed by atoms with E-state index in [9.17, 15) is 12.9 Å². The maximum atomic E-state index is 11.9. The third-order valence-electron chi connectivity index (χ3n) is 3.46. The molecule has 0 radical (unpaired) electrons. The van der Waals surface area contributed by atoms with E-state index in [0.29, 0.717) is 19.8 Å². The molecule has 0 aliphatic heterocycles. The fourth-order valence-electron chi connectivity index (χ4n) is 1.11. The number of hydrogen-bond donors (Lipinski definition) is 0. The Labute approximate surface area is 121 Å². The minimum Gasteiger partial charge on any atom is -0.449 e. The zero-order chi connectivity index (χ0) is 15.9. The number of rotatable bonds is 10. The van der Waals surface area contributed by atoms with Gasteiger partial charge in [-0.25, -0.2) is 0 Å². The van der Waals surface area contributed by atoms with E-state index in [-0.39, 0.29) is 18.3 Å². The van der Waals surface area contributed by atoms with Crippen LogP contribution in [0.2, 0.25) is 24.5 Å². The molecule has 0 spiro atoms. The molecule has 0 saturated heterocycles. The van der Waals surface area contributed by atoms with E-state index in [2.05, 4.69) is 33.9 Å². The molecule has 3 nitrogen and oxygen atoms in total. The Kier molecular flexibility index (Phi) is 8.39. The molecule has 0 bridgehead atoms. The molecule has 0 N–H and O–H groups in total. The molecule has 122 valence electrons. The van der Waals surface area contributed by atoms with Gasteiger partial charge in [0.2, 0.25) is 0 Å². The van der Waals surface area contributed by atoms with Crippen LogP contribution < -0.4 is 0 Å². The van der Waals surface area contributed by atoms with Crippen molar-refractivity contribution < 1.29 is 26.8 Å². The van der Waals surface area contributed by atoms with Crippen molar-refractivity contribution in [3.63, 3.8) is 0 Å². The molecule has 0 amide bonds. The topological polar surface area (TPSA) is 27.7 Å². The summed E-state index contributed by atoms with van der Waals surface area (Å²) in [5.74, 6) is 0. The lowest BCUT2D eigenvalue weighted by atomic mass is 9.87. The van der Waals surface area contributed by atoms with Crippen molar-refractivity contribution in [3.05, 3.63) is 0 Å². The highest BCUT2D eigenvalue weighted by molar-refractivity contribution is 6.74. The van der Waals surface area contributed by atoms with Crippen molar-refractivity contribution in [1.82, 2.24) is 0 Å². The van der Waals surface area contributed by atoms with E-state index in [4.69, 9.17) is 13.9 Å². The van der Waals surface area contributed by atoms with E-state index < -0.39 is 21.6 Å². The minimum atomic E-state index is -4.74. The van der Waals surface area contributed by atoms with Crippen molar-refractivity contribution in [1.29, 1.82) is 0 Å². The van der Waals surface area contributed by atoms with Gasteiger partial charge in [0.25, 0.3) is 0 Å². The van der Waals surface area contributed by atoms with Gasteiger partial charge in [-0.15, -0.1) is 0 Å². The molecular weight excluding hydrogens is 288 g/mol. The number of ether oxygens (including phenoxy) is 2. The summed E-state index contributed by atoms with van der Waals surface area (Å²) in [6, 6.07) is 0. The molecule has 0 aromatic rings. The SMILES string of the molecule is CC(C)(C)[Si](C)(C)OCCOCCOCC[B-](F)(F)F. The third-order valence-corrected chi connectivity index (χ3v) is 8.00. The molecule has 0 rings (SSSR count). The van der Waals surface area contributed by atoms with E-state index >= 15 is 0 Å². The molecule has 0 aromatic heterocycles. The Morgan fingerprint density at radius 3 is 1.75 bits per heavy atom. The van der Waals surface area contributed by atoms with E-state index in [1.165, 1.54) is 0 Å². The summed E-state index contributed by atoms with van der Waals surface area (Å²) in [6.45, 7) is 7.23. The van der Waals surface area contributed by atoms with E-state index in [0.717, 1.165) is 0 Å². The normalized spacial score (nSPS) is 13.8. The molecular formula is C12H27BF3O3Si-. The average molecular weight is 315 g/mol. The lowest BCUT2D eigenvalue weighted by Crippen LogP contribution is -2.41. The molecule has 0 fully saturated rings. The summed E-state index contributed by atoms with van der Waals surface area (Å²) in [6.07, 6.45) is -0.853. The van der Waals surface area contributed by atoms with Gasteiger partial charge in [-0.3, -0.25) is 0 Å². The Hall–Kier alpha value is -0.0482. The third kappa shape index (κ3) is 9.79. The predicted octanol–water partition coefficient (Wildman–Crippen LogP) is 3.89. The highest BCUT2D eigenvalue weighted by Crippen LogP contribution is 2.36. The summed E-state index contributed by atoms with van der Waals surface area (Å²) in [5.41, 5.74) is 0. The van der Waals surface area contributed by atoms with Crippen LogP contribution in [0, 0.1) is 0 Å². The zero-order valence-electron chi connectivity index (χ0n) is 13.2. The van der Waals surface area contributed by atoms with Gasteiger partial charge in [0.05, 0.1) is 26.4 Å². The van der Waals surface area contributed by atoms with Crippen LogP contribution in [0.4, 0.5) is 12.9 Å². The fourth-order valence-corrected chi connectivity index (χ4v) is 2.14. The van der Waals surface area contributed by atoms with Gasteiger partial charge in [0.15, 0.2) is 8.32 Å². The summed E-state index contributed by atoms with van der Waals surface area (Å²) in [5, 5.41) is 0.162. The van der Waals surface area contributed by atoms with Crippen molar-refractivity contribution in [3.8, 4) is 0 Å². The van der Waals surface area contributed by atoms with Gasteiger partial charge in [-0.1, -0.05) is 27.1 Å². The first-order valence-corrected chi connectivity index (χ1v) is 9.87. The van der Waals surface area contributed by atoms with Gasteiger partial charge in [0.1, 0.15) is 0 Å². The smallest absolute Gasteiger partial charge is 0.449 e. The zero-order valence-corrected chi connectivity index (χ0v) is 14.2. The Morgan fingerprint density at radius 1 is 0.850 bits per heavy atom. The maximum Gasteiger partial charge on any atom is 0.480 e. The Balaban J connectivity index is 3.46. The summed E-state index contributed by atoms with van der Waals surface area (Å²) >= 11 is 0. The van der Waals surface area contributed by atoms with Crippen LogP contribution in [-0.2, 0) is 13.9 Å². The van der Waals surface area contributed by atoms with Gasteiger partial charge >= 0.3 is 6.98 Å². The second-order valence-corrected chi connectivity index (χ2v) is 11.1. The monoisotopic (exact) mass is 315 g/mol. The van der Waals surface area contributed by atoms with Crippen LogP contribution in [0.15, 0.2) is 0 Å². The molecule has 8 heteroatoms. The van der Waals surface area contributed by atoms with E-state index in [1.807, 2.05) is 0 Å². The lowest BCUT2D eigenvalue weighted by molar-refractivity contribution is 0.0374. The van der Waals surface area contributed by atoms with E-state index in [1.54, 1.807) is 0 Å². The summed E-state index contributed by atoms with van der Waals surface area (Å²) in [4.78, 5) is 0. The van der Waals surface area contributed by atoms with Crippen molar-refractivity contribution in [2.24, 2.45) is 0 Å². The van der Waals surface area contributed by atoms with Crippen molar-refractivity contribution >= 4 is 15.3 Å². The lowest BCUT2D eigenvalue weighted by Gasteiger charge is -2.36. The molecule has 0 aromatic carbocycles. The van der Waals surface area contributed by atoms with Crippen LogP contribution in [0.25, 0.3) is 0 Å². The molecule has 20 heavy (non-hydrogen) atoms. The van der Waals surface area contributed by atoms with Gasteiger partial charge in [-0.2, -0.15) is 0 Å². The Morgan fingerprint density at radius 2 is 1.30 bits per heavy atom. The minimum absolute atomic E-state index is 0.162. The molecule has 0 unspecified atom stereocenters. The molecule has 0 aliphatic rings. The fraction of sp³-hybridized carbons (Fsp3) is 1.00. The second kappa shape index (κ2) is 8.41. The second-order valence-electron chi connectivity index (χ2n) is 6.33. The van der Waals surface area contributed by atoms with Crippen LogP contribution in [0.3, 0.4) is 0 Å². The first kappa shape index (κ1) is 20.0. The highest BCUT2D eigenvalue weighted by atomic mass is 28.4. The molecule has 0 aliphatic carbocycles. The van der Waals surface area contributed by atoms with Crippen molar-refractivity contribution in [2.45, 2.75) is 45.2 Å². The van der Waals surface area contributed by atoms with Gasteiger partial charge in [0, 0.05) is 6.61 Å². The summed E-state index contributed by atoms with van der Waals surface area (Å²) < 4.78 is 51.6. The van der Waals surface area contributed by atoms with Crippen LogP contribution in [0.5, 0.6) is 0 Å². The predicted molar refractivity (Wildman–Crippen MR) is 78.7 cm³/mol. The van der Waals surface area contributed by atoms with Crippen LogP contribution in [-0.4, -0.2) is 48.3 Å². The number of halogens is 3. The van der Waals surface area contributed by atoms with Gasteiger partial charge < -0.3 is 26.8 Å². The first-order valence-electron chi connectivity index (χ1n) is 6.96. The summed E-state index contributed by atoms with van der Waals surface area (Å²) in [7, 11) is -1.74. The molecule has 0 atom stereocenters. The highest BCUT2D eigenvalue weighted by Gasteiger charge is 2.36. The Bertz CT molecular complexity index is 268. The average Bonchev–Trinajstić information content (AvgIpc) is 2.23. The molecule has 0 heterocycles. The first-order chi connectivity index (χ1) is 8.96. The largest absolute Gasteiger partial charge is 0.480 e.